The Morgan fingerprint density at radius 1 is 1.09 bits per heavy atom. The summed E-state index contributed by atoms with van der Waals surface area (Å²) in [6.07, 6.45) is 6.65. The van der Waals surface area contributed by atoms with Gasteiger partial charge in [-0.05, 0) is 49.7 Å². The Bertz CT molecular complexity index is 1010. The van der Waals surface area contributed by atoms with Crippen LogP contribution in [0.1, 0.15) is 29.4 Å². The van der Waals surface area contributed by atoms with E-state index in [0.29, 0.717) is 18.5 Å². The van der Waals surface area contributed by atoms with E-state index in [9.17, 15) is 9.18 Å². The number of nitrogens with one attached hydrogen (secondary N) is 1. The summed E-state index contributed by atoms with van der Waals surface area (Å²) in [5.74, 6) is 0.361. The number of hydrogen-bond donors (Lipinski definition) is 1. The molecule has 1 aliphatic rings. The van der Waals surface area contributed by atoms with Crippen LogP contribution in [0.3, 0.4) is 0 Å². The van der Waals surface area contributed by atoms with Crippen molar-refractivity contribution in [3.8, 4) is 5.69 Å². The number of aromatic nitrogens is 4. The van der Waals surface area contributed by atoms with E-state index in [-0.39, 0.29) is 11.7 Å². The van der Waals surface area contributed by atoms with Crippen LogP contribution in [0, 0.1) is 5.82 Å². The van der Waals surface area contributed by atoms with Crippen LogP contribution >= 0.6 is 0 Å². The van der Waals surface area contributed by atoms with Gasteiger partial charge in [0.05, 0.1) is 23.1 Å². The Morgan fingerprint density at radius 2 is 1.81 bits per heavy atom. The normalized spacial score (nSPS) is 14.5. The van der Waals surface area contributed by atoms with Crippen molar-refractivity contribution in [2.45, 2.75) is 19.8 Å². The van der Waals surface area contributed by atoms with Crippen LogP contribution in [0.5, 0.6) is 0 Å². The number of amides is 1. The zero-order valence-corrected chi connectivity index (χ0v) is 18.2. The number of halogens is 1. The lowest BCUT2D eigenvalue weighted by Gasteiger charge is -2.34. The summed E-state index contributed by atoms with van der Waals surface area (Å²) in [7, 11) is 0. The van der Waals surface area contributed by atoms with Gasteiger partial charge in [0.25, 0.3) is 5.91 Å². The second kappa shape index (κ2) is 10.3. The van der Waals surface area contributed by atoms with Crippen molar-refractivity contribution >= 4 is 11.9 Å². The summed E-state index contributed by atoms with van der Waals surface area (Å²) in [4.78, 5) is 25.9. The molecule has 1 fully saturated rings. The molecular weight excluding hydrogens is 409 g/mol. The molecule has 0 radical (unpaired) electrons. The van der Waals surface area contributed by atoms with Crippen LogP contribution in [-0.4, -0.2) is 69.8 Å². The standard InChI is InChI=1S/C23H28FN7O/c1-2-21-20(17-28-31(21)19-7-5-18(24)6-8-19)22(32)25-11-4-12-29-13-15-30(16-14-29)23-26-9-3-10-27-23/h3,5-10,17H,2,4,11-16H2,1H3,(H,25,32). The van der Waals surface area contributed by atoms with E-state index in [0.717, 1.165) is 56.5 Å². The number of carbonyl (C=O) groups is 1. The third-order valence-electron chi connectivity index (χ3n) is 5.66. The van der Waals surface area contributed by atoms with Crippen molar-refractivity contribution in [1.29, 1.82) is 0 Å². The average Bonchev–Trinajstić information content (AvgIpc) is 3.27. The molecule has 4 rings (SSSR count). The summed E-state index contributed by atoms with van der Waals surface area (Å²) in [5.41, 5.74) is 2.11. The molecule has 0 aliphatic carbocycles. The van der Waals surface area contributed by atoms with E-state index < -0.39 is 0 Å². The molecule has 3 heterocycles. The fourth-order valence-corrected chi connectivity index (χ4v) is 3.93. The second-order valence-electron chi connectivity index (χ2n) is 7.73. The Labute approximate surface area is 187 Å². The first-order chi connectivity index (χ1) is 15.7. The minimum absolute atomic E-state index is 0.124. The molecule has 1 N–H and O–H groups in total. The monoisotopic (exact) mass is 437 g/mol. The first-order valence-electron chi connectivity index (χ1n) is 11.0. The topological polar surface area (TPSA) is 79.2 Å². The maximum atomic E-state index is 13.2. The zero-order valence-electron chi connectivity index (χ0n) is 18.2. The lowest BCUT2D eigenvalue weighted by Crippen LogP contribution is -2.47. The van der Waals surface area contributed by atoms with Crippen molar-refractivity contribution in [3.05, 3.63) is 66.0 Å². The minimum atomic E-state index is -0.299. The first-order valence-corrected chi connectivity index (χ1v) is 11.0. The quantitative estimate of drug-likeness (QED) is 0.545. The number of piperazine rings is 1. The summed E-state index contributed by atoms with van der Waals surface area (Å²) in [6.45, 7) is 7.23. The SMILES string of the molecule is CCc1c(C(=O)NCCCN2CCN(c3ncccn3)CC2)cnn1-c1ccc(F)cc1. The third kappa shape index (κ3) is 5.11. The van der Waals surface area contributed by atoms with E-state index in [1.165, 1.54) is 12.1 Å². The maximum Gasteiger partial charge on any atom is 0.254 e. The number of anilines is 1. The van der Waals surface area contributed by atoms with Gasteiger partial charge in [0.15, 0.2) is 0 Å². The van der Waals surface area contributed by atoms with Crippen molar-refractivity contribution in [2.24, 2.45) is 0 Å². The molecule has 1 saturated heterocycles. The number of nitrogens with zero attached hydrogens (tertiary/aromatic N) is 6. The number of carbonyl (C=O) groups excluding carboxylic acids is 1. The summed E-state index contributed by atoms with van der Waals surface area (Å²) in [6, 6.07) is 7.93. The summed E-state index contributed by atoms with van der Waals surface area (Å²) < 4.78 is 14.9. The van der Waals surface area contributed by atoms with Gasteiger partial charge >= 0.3 is 0 Å². The van der Waals surface area contributed by atoms with E-state index in [1.54, 1.807) is 35.4 Å². The lowest BCUT2D eigenvalue weighted by molar-refractivity contribution is 0.0950. The van der Waals surface area contributed by atoms with Gasteiger partial charge in [-0.1, -0.05) is 6.92 Å². The predicted molar refractivity (Wildman–Crippen MR) is 121 cm³/mol. The van der Waals surface area contributed by atoms with Crippen LogP contribution in [0.25, 0.3) is 5.69 Å². The third-order valence-corrected chi connectivity index (χ3v) is 5.66. The van der Waals surface area contributed by atoms with Crippen molar-refractivity contribution < 1.29 is 9.18 Å². The predicted octanol–water partition coefficient (Wildman–Crippen LogP) is 2.31. The zero-order chi connectivity index (χ0) is 22.3. The highest BCUT2D eigenvalue weighted by Crippen LogP contribution is 2.16. The van der Waals surface area contributed by atoms with Gasteiger partial charge in [0.1, 0.15) is 5.82 Å². The second-order valence-corrected chi connectivity index (χ2v) is 7.73. The average molecular weight is 438 g/mol. The lowest BCUT2D eigenvalue weighted by atomic mass is 10.2. The van der Waals surface area contributed by atoms with Crippen LogP contribution in [0.2, 0.25) is 0 Å². The fourth-order valence-electron chi connectivity index (χ4n) is 3.93. The first kappa shape index (κ1) is 21.9. The highest BCUT2D eigenvalue weighted by Gasteiger charge is 2.19. The molecule has 168 valence electrons. The molecule has 1 aromatic carbocycles. The van der Waals surface area contributed by atoms with Crippen LogP contribution in [0.15, 0.2) is 48.9 Å². The molecule has 32 heavy (non-hydrogen) atoms. The molecule has 1 aliphatic heterocycles. The molecule has 0 atom stereocenters. The molecular formula is C23H28FN7O. The van der Waals surface area contributed by atoms with Gasteiger partial charge in [-0.25, -0.2) is 19.0 Å². The van der Waals surface area contributed by atoms with Gasteiger partial charge < -0.3 is 10.2 Å². The Kier molecular flexibility index (Phi) is 7.06. The molecule has 9 heteroatoms. The fraction of sp³-hybridized carbons (Fsp3) is 0.391. The largest absolute Gasteiger partial charge is 0.352 e. The van der Waals surface area contributed by atoms with Gasteiger partial charge in [-0.15, -0.1) is 0 Å². The van der Waals surface area contributed by atoms with Crippen molar-refractivity contribution in [2.75, 3.05) is 44.2 Å². The van der Waals surface area contributed by atoms with Gasteiger partial charge in [-0.2, -0.15) is 5.10 Å². The van der Waals surface area contributed by atoms with Crippen LogP contribution in [-0.2, 0) is 6.42 Å². The molecule has 3 aromatic rings. The van der Waals surface area contributed by atoms with Crippen LogP contribution in [0.4, 0.5) is 10.3 Å². The number of benzene rings is 1. The van der Waals surface area contributed by atoms with Crippen LogP contribution < -0.4 is 10.2 Å². The summed E-state index contributed by atoms with van der Waals surface area (Å²) >= 11 is 0. The van der Waals surface area contributed by atoms with Gasteiger partial charge in [-0.3, -0.25) is 9.69 Å². The van der Waals surface area contributed by atoms with Crippen molar-refractivity contribution in [1.82, 2.24) is 30.0 Å². The van der Waals surface area contributed by atoms with E-state index in [1.807, 2.05) is 13.0 Å². The Hall–Kier alpha value is -3.33. The minimum Gasteiger partial charge on any atom is -0.352 e. The van der Waals surface area contributed by atoms with Gasteiger partial charge in [0, 0.05) is 45.1 Å². The smallest absolute Gasteiger partial charge is 0.254 e. The molecule has 8 nitrogen and oxygen atoms in total. The highest BCUT2D eigenvalue weighted by atomic mass is 19.1. The molecule has 0 saturated carbocycles. The molecule has 0 unspecified atom stereocenters. The Balaban J connectivity index is 1.24. The number of rotatable bonds is 8. The molecule has 0 bridgehead atoms. The van der Waals surface area contributed by atoms with E-state index in [2.05, 4.69) is 30.2 Å². The molecule has 1 amide bonds. The van der Waals surface area contributed by atoms with E-state index in [4.69, 9.17) is 0 Å². The highest BCUT2D eigenvalue weighted by molar-refractivity contribution is 5.95. The maximum absolute atomic E-state index is 13.2. The molecule has 2 aromatic heterocycles. The number of hydrogen-bond acceptors (Lipinski definition) is 6. The van der Waals surface area contributed by atoms with Gasteiger partial charge in [0.2, 0.25) is 5.95 Å². The van der Waals surface area contributed by atoms with Crippen molar-refractivity contribution in [3.63, 3.8) is 0 Å². The molecule has 0 spiro atoms. The summed E-state index contributed by atoms with van der Waals surface area (Å²) in [5, 5.41) is 7.36. The Morgan fingerprint density at radius 3 is 2.50 bits per heavy atom. The van der Waals surface area contributed by atoms with E-state index >= 15 is 0 Å².